The molecule has 1 unspecified atom stereocenters. The van der Waals surface area contributed by atoms with Crippen LogP contribution in [0.3, 0.4) is 0 Å². The number of rotatable bonds is 4. The molecule has 3 aromatic rings. The molecule has 0 saturated heterocycles. The highest BCUT2D eigenvalue weighted by atomic mass is 16.5. The van der Waals surface area contributed by atoms with Crippen LogP contribution in [0, 0.1) is 0 Å². The van der Waals surface area contributed by atoms with Gasteiger partial charge in [0.25, 0.3) is 0 Å². The Kier molecular flexibility index (Phi) is 6.09. The van der Waals surface area contributed by atoms with E-state index in [4.69, 9.17) is 4.74 Å². The Morgan fingerprint density at radius 2 is 1.73 bits per heavy atom. The van der Waals surface area contributed by atoms with Gasteiger partial charge in [-0.15, -0.1) is 0 Å². The van der Waals surface area contributed by atoms with Gasteiger partial charge in [-0.25, -0.2) is 0 Å². The molecular weight excluding hydrogens is 414 g/mol. The molecule has 0 saturated carbocycles. The third-order valence-electron chi connectivity index (χ3n) is 5.52. The Hall–Kier alpha value is -3.80. The SMILES string of the molecule is COc1ccc(CN2C(=O)/C=C\c3cccn3-c3ccccc3C2C(=O)NC(C)(C)C)cc1. The second-order valence-electron chi connectivity index (χ2n) is 9.15. The first-order chi connectivity index (χ1) is 15.8. The highest BCUT2D eigenvalue weighted by Crippen LogP contribution is 2.32. The van der Waals surface area contributed by atoms with Crippen molar-refractivity contribution in [2.75, 3.05) is 7.11 Å². The first kappa shape index (κ1) is 22.4. The molecule has 1 aliphatic heterocycles. The molecule has 2 amide bonds. The molecule has 4 rings (SSSR count). The molecule has 2 aromatic carbocycles. The van der Waals surface area contributed by atoms with E-state index in [0.29, 0.717) is 0 Å². The van der Waals surface area contributed by atoms with Gasteiger partial charge in [0, 0.05) is 35.6 Å². The van der Waals surface area contributed by atoms with E-state index in [1.54, 1.807) is 24.2 Å². The number of hydrogen-bond donors (Lipinski definition) is 1. The average molecular weight is 444 g/mol. The third-order valence-corrected chi connectivity index (χ3v) is 5.52. The van der Waals surface area contributed by atoms with Crippen LogP contribution in [-0.4, -0.2) is 33.9 Å². The maximum absolute atomic E-state index is 13.7. The summed E-state index contributed by atoms with van der Waals surface area (Å²) in [6.07, 6.45) is 5.28. The number of fused-ring (bicyclic) bond motifs is 3. The summed E-state index contributed by atoms with van der Waals surface area (Å²) >= 11 is 0. The van der Waals surface area contributed by atoms with Gasteiger partial charge in [0.1, 0.15) is 11.8 Å². The zero-order valence-electron chi connectivity index (χ0n) is 19.4. The molecule has 0 aliphatic carbocycles. The molecule has 0 fully saturated rings. The topological polar surface area (TPSA) is 63.6 Å². The van der Waals surface area contributed by atoms with Crippen molar-refractivity contribution in [3.8, 4) is 11.4 Å². The quantitative estimate of drug-likeness (QED) is 0.646. The van der Waals surface area contributed by atoms with Crippen molar-refractivity contribution in [1.82, 2.24) is 14.8 Å². The Bertz CT molecular complexity index is 1190. The van der Waals surface area contributed by atoms with Crippen molar-refractivity contribution < 1.29 is 14.3 Å². The zero-order chi connectivity index (χ0) is 23.6. The Morgan fingerprint density at radius 1 is 1.00 bits per heavy atom. The lowest BCUT2D eigenvalue weighted by atomic mass is 9.99. The lowest BCUT2D eigenvalue weighted by molar-refractivity contribution is -0.138. The van der Waals surface area contributed by atoms with Crippen LogP contribution in [0.5, 0.6) is 5.75 Å². The largest absolute Gasteiger partial charge is 0.497 e. The normalized spacial score (nSPS) is 16.7. The zero-order valence-corrected chi connectivity index (χ0v) is 19.4. The molecule has 0 radical (unpaired) electrons. The van der Waals surface area contributed by atoms with E-state index in [0.717, 1.165) is 28.3 Å². The molecular formula is C27H29N3O3. The summed E-state index contributed by atoms with van der Waals surface area (Å²) in [5.41, 5.74) is 2.96. The van der Waals surface area contributed by atoms with E-state index in [-0.39, 0.29) is 18.4 Å². The van der Waals surface area contributed by atoms with Crippen LogP contribution in [0.1, 0.15) is 43.6 Å². The van der Waals surface area contributed by atoms with Crippen molar-refractivity contribution in [2.45, 2.75) is 38.9 Å². The molecule has 6 heteroatoms. The van der Waals surface area contributed by atoms with Crippen molar-refractivity contribution in [2.24, 2.45) is 0 Å². The van der Waals surface area contributed by atoms with Crippen LogP contribution >= 0.6 is 0 Å². The van der Waals surface area contributed by atoms with Gasteiger partial charge in [0.2, 0.25) is 11.8 Å². The first-order valence-electron chi connectivity index (χ1n) is 11.0. The number of para-hydroxylation sites is 1. The van der Waals surface area contributed by atoms with E-state index in [2.05, 4.69) is 5.32 Å². The van der Waals surface area contributed by atoms with Gasteiger partial charge in [-0.3, -0.25) is 9.59 Å². The summed E-state index contributed by atoms with van der Waals surface area (Å²) in [7, 11) is 1.62. The fourth-order valence-electron chi connectivity index (χ4n) is 4.05. The lowest BCUT2D eigenvalue weighted by Gasteiger charge is -2.34. The number of carbonyl (C=O) groups is 2. The van der Waals surface area contributed by atoms with E-state index in [1.165, 1.54) is 0 Å². The average Bonchev–Trinajstić information content (AvgIpc) is 3.25. The Labute approximate surface area is 194 Å². The first-order valence-corrected chi connectivity index (χ1v) is 11.0. The number of hydrogen-bond acceptors (Lipinski definition) is 3. The highest BCUT2D eigenvalue weighted by molar-refractivity contribution is 5.97. The minimum atomic E-state index is -0.812. The van der Waals surface area contributed by atoms with Crippen molar-refractivity contribution in [3.63, 3.8) is 0 Å². The minimum Gasteiger partial charge on any atom is -0.497 e. The Balaban J connectivity index is 1.87. The van der Waals surface area contributed by atoms with Crippen LogP contribution in [0.15, 0.2) is 72.9 Å². The predicted octanol–water partition coefficient (Wildman–Crippen LogP) is 4.50. The summed E-state index contributed by atoms with van der Waals surface area (Å²) in [5, 5.41) is 3.08. The number of aromatic nitrogens is 1. The van der Waals surface area contributed by atoms with Gasteiger partial charge in [0.05, 0.1) is 12.8 Å². The van der Waals surface area contributed by atoms with Crippen LogP contribution in [0.25, 0.3) is 11.8 Å². The number of carbonyl (C=O) groups excluding carboxylic acids is 2. The standard InChI is InChI=1S/C27H29N3O3/c1-27(2,3)28-26(32)25-22-9-5-6-10-23(22)29-17-7-8-20(29)13-16-24(31)30(25)18-19-11-14-21(33-4)15-12-19/h5-17,25H,18H2,1-4H3,(H,28,32)/b16-13-. The minimum absolute atomic E-state index is 0.221. The molecule has 1 N–H and O–H groups in total. The van der Waals surface area contributed by atoms with Crippen molar-refractivity contribution in [1.29, 1.82) is 0 Å². The van der Waals surface area contributed by atoms with Gasteiger partial charge in [-0.05, 0) is 62.7 Å². The number of benzene rings is 2. The van der Waals surface area contributed by atoms with E-state index in [9.17, 15) is 9.59 Å². The molecule has 1 aromatic heterocycles. The molecule has 0 spiro atoms. The Morgan fingerprint density at radius 3 is 2.42 bits per heavy atom. The number of nitrogens with zero attached hydrogens (tertiary/aromatic N) is 2. The second kappa shape index (κ2) is 8.98. The summed E-state index contributed by atoms with van der Waals surface area (Å²) in [6, 6.07) is 18.4. The molecule has 6 nitrogen and oxygen atoms in total. The second-order valence-corrected chi connectivity index (χ2v) is 9.15. The van der Waals surface area contributed by atoms with Gasteiger partial charge in [-0.1, -0.05) is 30.3 Å². The fourth-order valence-corrected chi connectivity index (χ4v) is 4.05. The molecule has 0 bridgehead atoms. The highest BCUT2D eigenvalue weighted by Gasteiger charge is 2.35. The maximum Gasteiger partial charge on any atom is 0.247 e. The van der Waals surface area contributed by atoms with Gasteiger partial charge >= 0.3 is 0 Å². The van der Waals surface area contributed by atoms with Crippen LogP contribution < -0.4 is 10.1 Å². The van der Waals surface area contributed by atoms with Crippen LogP contribution in [0.2, 0.25) is 0 Å². The van der Waals surface area contributed by atoms with Crippen LogP contribution in [0.4, 0.5) is 0 Å². The van der Waals surface area contributed by atoms with Crippen molar-refractivity contribution >= 4 is 17.9 Å². The van der Waals surface area contributed by atoms with E-state index in [1.807, 2.05) is 92.2 Å². The maximum atomic E-state index is 13.7. The summed E-state index contributed by atoms with van der Waals surface area (Å²) < 4.78 is 7.27. The van der Waals surface area contributed by atoms with Gasteiger partial charge in [-0.2, -0.15) is 0 Å². The summed E-state index contributed by atoms with van der Waals surface area (Å²) in [4.78, 5) is 28.8. The van der Waals surface area contributed by atoms with Gasteiger partial charge in [0.15, 0.2) is 0 Å². The third kappa shape index (κ3) is 4.85. The smallest absolute Gasteiger partial charge is 0.247 e. The number of ether oxygens (including phenoxy) is 1. The number of amides is 2. The fraction of sp³-hybridized carbons (Fsp3) is 0.259. The van der Waals surface area contributed by atoms with Crippen LogP contribution in [-0.2, 0) is 16.1 Å². The molecule has 2 heterocycles. The van der Waals surface area contributed by atoms with Gasteiger partial charge < -0.3 is 19.5 Å². The molecule has 1 aliphatic rings. The summed E-state index contributed by atoms with van der Waals surface area (Å²) in [5.74, 6) is 0.284. The number of nitrogens with one attached hydrogen (secondary N) is 1. The molecule has 170 valence electrons. The lowest BCUT2D eigenvalue weighted by Crippen LogP contribution is -2.49. The molecule has 33 heavy (non-hydrogen) atoms. The van der Waals surface area contributed by atoms with Crippen molar-refractivity contribution in [3.05, 3.63) is 89.8 Å². The van der Waals surface area contributed by atoms with E-state index >= 15 is 0 Å². The van der Waals surface area contributed by atoms with E-state index < -0.39 is 11.6 Å². The monoisotopic (exact) mass is 443 g/mol. The predicted molar refractivity (Wildman–Crippen MR) is 129 cm³/mol. The number of methoxy groups -OCH3 is 1. The summed E-state index contributed by atoms with van der Waals surface area (Å²) in [6.45, 7) is 6.08. The molecule has 1 atom stereocenters.